The van der Waals surface area contributed by atoms with E-state index in [1.165, 1.54) is 6.42 Å². The van der Waals surface area contributed by atoms with Crippen LogP contribution in [0.4, 0.5) is 5.69 Å². The molecule has 2 aliphatic rings. The van der Waals surface area contributed by atoms with Crippen molar-refractivity contribution >= 4 is 29.1 Å². The van der Waals surface area contributed by atoms with Gasteiger partial charge in [0.2, 0.25) is 17.6 Å². The standard InChI is InChI=1S/C28H32ClN5O3/c29-21-8-6-7-20(17-21)26-32-25(37-33-26)18-34-15-13-19(14-16-34)27(35)31-24-12-5-4-11-23(24)28(36)30-22-9-2-1-3-10-22/h4-8,11-12,17,19,22H,1-3,9-10,13-16,18H2,(H,30,36)(H,31,35). The van der Waals surface area contributed by atoms with Crippen molar-refractivity contribution in [2.24, 2.45) is 5.92 Å². The largest absolute Gasteiger partial charge is 0.349 e. The highest BCUT2D eigenvalue weighted by Crippen LogP contribution is 2.25. The van der Waals surface area contributed by atoms with Crippen LogP contribution >= 0.6 is 11.6 Å². The average molecular weight is 522 g/mol. The normalized spacial score (nSPS) is 17.4. The molecule has 2 amide bonds. The van der Waals surface area contributed by atoms with Gasteiger partial charge in [0.05, 0.1) is 17.8 Å². The van der Waals surface area contributed by atoms with Crippen LogP contribution < -0.4 is 10.6 Å². The Morgan fingerprint density at radius 2 is 1.78 bits per heavy atom. The van der Waals surface area contributed by atoms with Crippen molar-refractivity contribution in [1.29, 1.82) is 0 Å². The van der Waals surface area contributed by atoms with Gasteiger partial charge in [-0.05, 0) is 63.0 Å². The van der Waals surface area contributed by atoms with Crippen LogP contribution in [0.3, 0.4) is 0 Å². The molecule has 3 aromatic rings. The van der Waals surface area contributed by atoms with Crippen molar-refractivity contribution in [1.82, 2.24) is 20.4 Å². The Kier molecular flexibility index (Phi) is 8.16. The predicted octanol–water partition coefficient (Wildman–Crippen LogP) is 5.30. The van der Waals surface area contributed by atoms with Gasteiger partial charge >= 0.3 is 0 Å². The maximum absolute atomic E-state index is 13.1. The van der Waals surface area contributed by atoms with E-state index in [9.17, 15) is 9.59 Å². The van der Waals surface area contributed by atoms with Gasteiger partial charge < -0.3 is 15.2 Å². The lowest BCUT2D eigenvalue weighted by molar-refractivity contribution is -0.121. The van der Waals surface area contributed by atoms with E-state index in [4.69, 9.17) is 16.1 Å². The highest BCUT2D eigenvalue weighted by molar-refractivity contribution is 6.30. The third kappa shape index (κ3) is 6.56. The minimum atomic E-state index is -0.116. The SMILES string of the molecule is O=C(NC1CCCCC1)c1ccccc1NC(=O)C1CCN(Cc2nc(-c3cccc(Cl)c3)no2)CC1. The quantitative estimate of drug-likeness (QED) is 0.437. The number of halogens is 1. The molecule has 2 fully saturated rings. The van der Waals surface area contributed by atoms with E-state index >= 15 is 0 Å². The van der Waals surface area contributed by atoms with Crippen LogP contribution in [-0.2, 0) is 11.3 Å². The molecule has 1 saturated heterocycles. The molecule has 8 nitrogen and oxygen atoms in total. The van der Waals surface area contributed by atoms with Gasteiger partial charge in [-0.1, -0.05) is 60.3 Å². The molecule has 0 radical (unpaired) electrons. The van der Waals surface area contributed by atoms with Gasteiger partial charge in [0.15, 0.2) is 0 Å². The number of para-hydroxylation sites is 1. The van der Waals surface area contributed by atoms with Crippen molar-refractivity contribution in [2.45, 2.75) is 57.5 Å². The molecule has 0 atom stereocenters. The van der Waals surface area contributed by atoms with Crippen LogP contribution in [0.2, 0.25) is 5.02 Å². The fraction of sp³-hybridized carbons (Fsp3) is 0.429. The van der Waals surface area contributed by atoms with Gasteiger partial charge in [0.25, 0.3) is 5.91 Å². The van der Waals surface area contributed by atoms with Gasteiger partial charge in [-0.25, -0.2) is 0 Å². The first-order valence-electron chi connectivity index (χ1n) is 13.1. The number of carbonyl (C=O) groups excluding carboxylic acids is 2. The molecule has 2 N–H and O–H groups in total. The van der Waals surface area contributed by atoms with E-state index in [-0.39, 0.29) is 23.8 Å². The number of anilines is 1. The number of benzene rings is 2. The zero-order chi connectivity index (χ0) is 25.6. The molecular formula is C28H32ClN5O3. The molecule has 2 aromatic carbocycles. The molecule has 2 heterocycles. The number of piperidine rings is 1. The number of amides is 2. The number of nitrogens with one attached hydrogen (secondary N) is 2. The van der Waals surface area contributed by atoms with E-state index < -0.39 is 0 Å². The highest BCUT2D eigenvalue weighted by Gasteiger charge is 2.27. The third-order valence-electron chi connectivity index (χ3n) is 7.24. The van der Waals surface area contributed by atoms with Crippen molar-refractivity contribution in [2.75, 3.05) is 18.4 Å². The first-order valence-corrected chi connectivity index (χ1v) is 13.4. The molecule has 1 aliphatic heterocycles. The summed E-state index contributed by atoms with van der Waals surface area (Å²) in [6.45, 7) is 2.03. The average Bonchev–Trinajstić information content (AvgIpc) is 3.38. The first kappa shape index (κ1) is 25.4. The summed E-state index contributed by atoms with van der Waals surface area (Å²) in [7, 11) is 0. The summed E-state index contributed by atoms with van der Waals surface area (Å²) in [5.41, 5.74) is 1.90. The molecule has 9 heteroatoms. The van der Waals surface area contributed by atoms with Crippen LogP contribution in [0.1, 0.15) is 61.2 Å². The van der Waals surface area contributed by atoms with Crippen LogP contribution in [0.15, 0.2) is 53.1 Å². The summed E-state index contributed by atoms with van der Waals surface area (Å²) in [6.07, 6.45) is 7.01. The van der Waals surface area contributed by atoms with Crippen molar-refractivity contribution in [3.05, 3.63) is 65.0 Å². The molecule has 0 unspecified atom stereocenters. The minimum absolute atomic E-state index is 0.0430. The molecule has 1 aromatic heterocycles. The summed E-state index contributed by atoms with van der Waals surface area (Å²) >= 11 is 6.06. The monoisotopic (exact) mass is 521 g/mol. The van der Waals surface area contributed by atoms with Crippen molar-refractivity contribution < 1.29 is 14.1 Å². The fourth-order valence-corrected chi connectivity index (χ4v) is 5.33. The second-order valence-corrected chi connectivity index (χ2v) is 10.4. The molecule has 1 aliphatic carbocycles. The molecule has 1 saturated carbocycles. The van der Waals surface area contributed by atoms with E-state index in [0.29, 0.717) is 34.5 Å². The van der Waals surface area contributed by atoms with E-state index in [1.54, 1.807) is 24.3 Å². The number of hydrogen-bond donors (Lipinski definition) is 2. The second-order valence-electron chi connectivity index (χ2n) is 9.92. The zero-order valence-corrected chi connectivity index (χ0v) is 21.5. The lowest BCUT2D eigenvalue weighted by Gasteiger charge is -2.30. The van der Waals surface area contributed by atoms with Gasteiger partial charge in [-0.3, -0.25) is 14.5 Å². The lowest BCUT2D eigenvalue weighted by atomic mass is 9.95. The van der Waals surface area contributed by atoms with Crippen molar-refractivity contribution in [3.63, 3.8) is 0 Å². The molecule has 37 heavy (non-hydrogen) atoms. The second kappa shape index (κ2) is 11.9. The molecule has 0 spiro atoms. The number of carbonyl (C=O) groups is 2. The number of rotatable bonds is 7. The van der Waals surface area contributed by atoms with E-state index in [1.807, 2.05) is 24.3 Å². The molecule has 194 valence electrons. The lowest BCUT2D eigenvalue weighted by Crippen LogP contribution is -2.38. The van der Waals surface area contributed by atoms with Gasteiger partial charge in [-0.2, -0.15) is 4.98 Å². The summed E-state index contributed by atoms with van der Waals surface area (Å²) in [5, 5.41) is 10.9. The summed E-state index contributed by atoms with van der Waals surface area (Å²) in [5.74, 6) is 0.775. The maximum Gasteiger partial charge on any atom is 0.253 e. The molecule has 5 rings (SSSR count). The fourth-order valence-electron chi connectivity index (χ4n) is 5.14. The van der Waals surface area contributed by atoms with Crippen molar-refractivity contribution in [3.8, 4) is 11.4 Å². The number of nitrogens with zero attached hydrogens (tertiary/aromatic N) is 3. The number of aromatic nitrogens is 2. The maximum atomic E-state index is 13.1. The van der Waals surface area contributed by atoms with E-state index in [0.717, 1.165) is 57.2 Å². The van der Waals surface area contributed by atoms with Gasteiger partial charge in [-0.15, -0.1) is 0 Å². The van der Waals surface area contributed by atoms with Gasteiger partial charge in [0, 0.05) is 22.5 Å². The summed E-state index contributed by atoms with van der Waals surface area (Å²) < 4.78 is 5.44. The Morgan fingerprint density at radius 1 is 1.00 bits per heavy atom. The Bertz CT molecular complexity index is 1230. The Hall–Kier alpha value is -3.23. The highest BCUT2D eigenvalue weighted by atomic mass is 35.5. The van der Waals surface area contributed by atoms with Crippen LogP contribution in [0.5, 0.6) is 0 Å². The smallest absolute Gasteiger partial charge is 0.253 e. The Labute approximate surface area is 221 Å². The molecule has 0 bridgehead atoms. The third-order valence-corrected chi connectivity index (χ3v) is 7.47. The van der Waals surface area contributed by atoms with Gasteiger partial charge in [0.1, 0.15) is 0 Å². The Morgan fingerprint density at radius 3 is 2.57 bits per heavy atom. The Balaban J connectivity index is 1.13. The predicted molar refractivity (Wildman–Crippen MR) is 142 cm³/mol. The first-order chi connectivity index (χ1) is 18.0. The minimum Gasteiger partial charge on any atom is -0.349 e. The topological polar surface area (TPSA) is 100 Å². The van der Waals surface area contributed by atoms with E-state index in [2.05, 4.69) is 25.7 Å². The summed E-state index contributed by atoms with van der Waals surface area (Å²) in [6, 6.07) is 14.8. The van der Waals surface area contributed by atoms with Crippen LogP contribution in [0, 0.1) is 5.92 Å². The zero-order valence-electron chi connectivity index (χ0n) is 20.8. The number of hydrogen-bond acceptors (Lipinski definition) is 6. The van der Waals surface area contributed by atoms with Crippen LogP contribution in [-0.4, -0.2) is 46.0 Å². The molecular weight excluding hydrogens is 490 g/mol. The summed E-state index contributed by atoms with van der Waals surface area (Å²) in [4.78, 5) is 32.7. The van der Waals surface area contributed by atoms with Crippen LogP contribution in [0.25, 0.3) is 11.4 Å². The number of likely N-dealkylation sites (tertiary alicyclic amines) is 1.